The zero-order chi connectivity index (χ0) is 21.0. The maximum Gasteiger partial charge on any atom is 0.270 e. The van der Waals surface area contributed by atoms with E-state index in [2.05, 4.69) is 42.2 Å². The number of thiazole rings is 1. The molecule has 0 radical (unpaired) electrons. The number of nitro benzene ring substituents is 1. The van der Waals surface area contributed by atoms with Crippen molar-refractivity contribution in [3.63, 3.8) is 0 Å². The van der Waals surface area contributed by atoms with Gasteiger partial charge < -0.3 is 4.74 Å². The van der Waals surface area contributed by atoms with Crippen molar-refractivity contribution in [2.75, 3.05) is 12.4 Å². The van der Waals surface area contributed by atoms with Gasteiger partial charge >= 0.3 is 0 Å². The molecule has 1 aromatic heterocycles. The van der Waals surface area contributed by atoms with Crippen LogP contribution in [0.1, 0.15) is 5.56 Å². The first-order chi connectivity index (χ1) is 13.9. The summed E-state index contributed by atoms with van der Waals surface area (Å²) in [6.45, 7) is 0. The smallest absolute Gasteiger partial charge is 0.270 e. The van der Waals surface area contributed by atoms with Crippen LogP contribution in [0.15, 0.2) is 56.8 Å². The first-order valence-corrected chi connectivity index (χ1v) is 10.6. The number of nitrogens with zero attached hydrogens (tertiary/aromatic N) is 2. The molecule has 7 nitrogen and oxygen atoms in total. The second-order valence-electron chi connectivity index (χ2n) is 5.68. The minimum absolute atomic E-state index is 0.0156. The van der Waals surface area contributed by atoms with Crippen molar-refractivity contribution in [2.24, 2.45) is 0 Å². The summed E-state index contributed by atoms with van der Waals surface area (Å²) in [4.78, 5) is 27.0. The van der Waals surface area contributed by atoms with Crippen molar-refractivity contribution in [3.8, 4) is 17.0 Å². The number of methoxy groups -OCH3 is 1. The lowest BCUT2D eigenvalue weighted by atomic mass is 10.1. The van der Waals surface area contributed by atoms with Gasteiger partial charge in [0.25, 0.3) is 5.69 Å². The number of anilines is 1. The minimum atomic E-state index is -0.460. The summed E-state index contributed by atoms with van der Waals surface area (Å²) >= 11 is 8.06. The van der Waals surface area contributed by atoms with Crippen LogP contribution in [-0.4, -0.2) is 22.9 Å². The van der Waals surface area contributed by atoms with Gasteiger partial charge in [0.1, 0.15) is 5.75 Å². The molecule has 148 valence electrons. The van der Waals surface area contributed by atoms with E-state index in [9.17, 15) is 14.9 Å². The first-order valence-electron chi connectivity index (χ1n) is 8.10. The molecule has 10 heteroatoms. The van der Waals surface area contributed by atoms with Crippen LogP contribution in [0.2, 0.25) is 0 Å². The molecule has 1 heterocycles. The number of ether oxygens (including phenoxy) is 1. The van der Waals surface area contributed by atoms with E-state index in [-0.39, 0.29) is 11.6 Å². The van der Waals surface area contributed by atoms with Crippen molar-refractivity contribution in [2.45, 2.75) is 0 Å². The highest BCUT2D eigenvalue weighted by Gasteiger charge is 2.11. The molecule has 0 aliphatic heterocycles. The number of carbonyl (C=O) groups excluding carboxylic acids is 1. The Morgan fingerprint density at radius 3 is 2.83 bits per heavy atom. The molecule has 0 unspecified atom stereocenters. The minimum Gasteiger partial charge on any atom is -0.495 e. The van der Waals surface area contributed by atoms with Gasteiger partial charge in [-0.3, -0.25) is 20.2 Å². The average Bonchev–Trinajstić information content (AvgIpc) is 3.14. The van der Waals surface area contributed by atoms with Crippen LogP contribution in [0.25, 0.3) is 17.3 Å². The number of non-ortho nitro benzene ring substituents is 1. The molecule has 0 bridgehead atoms. The number of nitro groups is 1. The summed E-state index contributed by atoms with van der Waals surface area (Å²) in [7, 11) is 1.55. The van der Waals surface area contributed by atoms with E-state index < -0.39 is 4.92 Å². The van der Waals surface area contributed by atoms with Gasteiger partial charge in [-0.05, 0) is 34.1 Å². The number of amides is 1. The van der Waals surface area contributed by atoms with Gasteiger partial charge in [-0.15, -0.1) is 11.3 Å². The van der Waals surface area contributed by atoms with Gasteiger partial charge in [-0.2, -0.15) is 0 Å². The highest BCUT2D eigenvalue weighted by Crippen LogP contribution is 2.33. The van der Waals surface area contributed by atoms with Crippen LogP contribution in [0.3, 0.4) is 0 Å². The summed E-state index contributed by atoms with van der Waals surface area (Å²) in [5.74, 6) is 0.252. The first kappa shape index (κ1) is 21.2. The summed E-state index contributed by atoms with van der Waals surface area (Å²) in [5.41, 5.74) is 1.87. The number of hydrogen-bond acceptors (Lipinski definition) is 6. The van der Waals surface area contributed by atoms with E-state index in [1.807, 2.05) is 12.1 Å². The van der Waals surface area contributed by atoms with Crippen LogP contribution in [0.4, 0.5) is 10.8 Å². The molecule has 2 aromatic carbocycles. The van der Waals surface area contributed by atoms with Crippen LogP contribution >= 0.6 is 43.2 Å². The quantitative estimate of drug-likeness (QED) is 0.239. The lowest BCUT2D eigenvalue weighted by Crippen LogP contribution is -2.07. The van der Waals surface area contributed by atoms with E-state index >= 15 is 0 Å². The fourth-order valence-corrected chi connectivity index (χ4v) is 4.62. The van der Waals surface area contributed by atoms with Crippen molar-refractivity contribution < 1.29 is 14.5 Å². The summed E-state index contributed by atoms with van der Waals surface area (Å²) in [6, 6.07) is 9.86. The molecule has 1 N–H and O–H groups in total. The van der Waals surface area contributed by atoms with Crippen molar-refractivity contribution in [1.29, 1.82) is 0 Å². The number of carbonyl (C=O) groups is 1. The molecular weight excluding hydrogens is 526 g/mol. The Hall–Kier alpha value is -2.56. The third kappa shape index (κ3) is 5.28. The predicted octanol–water partition coefficient (Wildman–Crippen LogP) is 5.90. The second kappa shape index (κ2) is 9.29. The number of hydrogen-bond donors (Lipinski definition) is 1. The molecule has 0 aliphatic carbocycles. The summed E-state index contributed by atoms with van der Waals surface area (Å²) < 4.78 is 6.95. The van der Waals surface area contributed by atoms with E-state index in [1.54, 1.807) is 30.7 Å². The Balaban J connectivity index is 1.74. The Labute approximate surface area is 186 Å². The molecule has 0 saturated heterocycles. The fourth-order valence-electron chi connectivity index (χ4n) is 2.47. The lowest BCUT2D eigenvalue weighted by molar-refractivity contribution is -0.384. The van der Waals surface area contributed by atoms with Gasteiger partial charge in [0, 0.05) is 39.2 Å². The predicted molar refractivity (Wildman–Crippen MR) is 120 cm³/mol. The van der Waals surface area contributed by atoms with Gasteiger partial charge in [-0.25, -0.2) is 4.98 Å². The molecule has 29 heavy (non-hydrogen) atoms. The Morgan fingerprint density at radius 2 is 2.10 bits per heavy atom. The molecule has 0 atom stereocenters. The summed E-state index contributed by atoms with van der Waals surface area (Å²) in [6.07, 6.45) is 3.02. The number of rotatable bonds is 6. The van der Waals surface area contributed by atoms with Gasteiger partial charge in [0.05, 0.1) is 22.2 Å². The van der Waals surface area contributed by atoms with Gasteiger partial charge in [-0.1, -0.05) is 28.1 Å². The van der Waals surface area contributed by atoms with Crippen molar-refractivity contribution in [3.05, 3.63) is 72.5 Å². The second-order valence-corrected chi connectivity index (χ2v) is 8.31. The maximum atomic E-state index is 12.3. The van der Waals surface area contributed by atoms with Crippen LogP contribution in [0, 0.1) is 10.1 Å². The van der Waals surface area contributed by atoms with Gasteiger partial charge in [0.15, 0.2) is 5.13 Å². The topological polar surface area (TPSA) is 94.4 Å². The molecular formula is C19H13Br2N3O4S. The van der Waals surface area contributed by atoms with Crippen LogP contribution in [0.5, 0.6) is 5.75 Å². The fraction of sp³-hybridized carbons (Fsp3) is 0.0526. The highest BCUT2D eigenvalue weighted by molar-refractivity contribution is 9.11. The number of halogens is 2. The molecule has 0 aliphatic rings. The van der Waals surface area contributed by atoms with Crippen molar-refractivity contribution in [1.82, 2.24) is 4.98 Å². The molecule has 1 amide bonds. The Kier molecular flexibility index (Phi) is 6.78. The number of benzene rings is 2. The molecule has 0 spiro atoms. The SMILES string of the molecule is COc1c(Br)cc(Br)cc1/C=C/C(=O)Nc1nc(-c2cccc([N+](=O)[O-])c2)cs1. The standard InChI is InChI=1S/C19H13Br2N3O4S/c1-28-18-12(7-13(20)9-15(18)21)5-6-17(25)23-19-22-16(10-29-19)11-3-2-4-14(8-11)24(26)27/h2-10H,1H3,(H,22,23,25)/b6-5+. The normalized spacial score (nSPS) is 10.9. The monoisotopic (exact) mass is 537 g/mol. The third-order valence-corrected chi connectivity index (χ3v) is 5.55. The highest BCUT2D eigenvalue weighted by atomic mass is 79.9. The molecule has 3 aromatic rings. The van der Waals surface area contributed by atoms with E-state index in [0.29, 0.717) is 22.1 Å². The zero-order valence-electron chi connectivity index (χ0n) is 14.9. The number of nitrogens with one attached hydrogen (secondary N) is 1. The largest absolute Gasteiger partial charge is 0.495 e. The lowest BCUT2D eigenvalue weighted by Gasteiger charge is -2.08. The number of aromatic nitrogens is 1. The Morgan fingerprint density at radius 1 is 1.31 bits per heavy atom. The average molecular weight is 539 g/mol. The van der Waals surface area contributed by atoms with E-state index in [0.717, 1.165) is 14.5 Å². The van der Waals surface area contributed by atoms with E-state index in [4.69, 9.17) is 4.74 Å². The molecule has 0 fully saturated rings. The van der Waals surface area contributed by atoms with E-state index in [1.165, 1.54) is 29.5 Å². The van der Waals surface area contributed by atoms with Crippen molar-refractivity contribution >= 4 is 66.0 Å². The van der Waals surface area contributed by atoms with Crippen LogP contribution in [-0.2, 0) is 4.79 Å². The maximum absolute atomic E-state index is 12.3. The van der Waals surface area contributed by atoms with Gasteiger partial charge in [0.2, 0.25) is 5.91 Å². The zero-order valence-corrected chi connectivity index (χ0v) is 18.9. The summed E-state index contributed by atoms with van der Waals surface area (Å²) in [5, 5.41) is 15.7. The molecule has 3 rings (SSSR count). The van der Waals surface area contributed by atoms with Crippen LogP contribution < -0.4 is 10.1 Å². The third-order valence-electron chi connectivity index (χ3n) is 3.74. The molecule has 0 saturated carbocycles. The Bertz CT molecular complexity index is 1110.